The maximum absolute atomic E-state index is 15.3. The van der Waals surface area contributed by atoms with Crippen LogP contribution in [0.5, 0.6) is 0 Å². The van der Waals surface area contributed by atoms with Crippen molar-refractivity contribution in [1.29, 1.82) is 0 Å². The fraction of sp³-hybridized carbons (Fsp3) is 0.379. The number of benzene rings is 2. The molecule has 220 valence electrons. The first-order valence-electron chi connectivity index (χ1n) is 13.8. The van der Waals surface area contributed by atoms with Gasteiger partial charge in [-0.05, 0) is 30.7 Å². The van der Waals surface area contributed by atoms with Crippen molar-refractivity contribution in [1.82, 2.24) is 9.80 Å². The molecule has 6 rings (SSSR count). The molecule has 3 atom stereocenters. The first-order chi connectivity index (χ1) is 20.1. The van der Waals surface area contributed by atoms with Crippen LogP contribution >= 0.6 is 0 Å². The van der Waals surface area contributed by atoms with Crippen molar-refractivity contribution in [3.05, 3.63) is 59.8 Å². The summed E-state index contributed by atoms with van der Waals surface area (Å²) >= 11 is 0. The second-order valence-corrected chi connectivity index (χ2v) is 11.1. The average Bonchev–Trinajstić information content (AvgIpc) is 3.58. The van der Waals surface area contributed by atoms with Crippen LogP contribution in [0.2, 0.25) is 0 Å². The van der Waals surface area contributed by atoms with E-state index >= 15 is 8.78 Å². The molecule has 2 aromatic carbocycles. The summed E-state index contributed by atoms with van der Waals surface area (Å²) in [6.45, 7) is 2.44. The predicted octanol–water partition coefficient (Wildman–Crippen LogP) is 3.97. The molecule has 0 bridgehead atoms. The number of carbonyl (C=O) groups excluding carboxylic acids is 3. The molecule has 2 aromatic rings. The van der Waals surface area contributed by atoms with Crippen LogP contribution in [0.3, 0.4) is 0 Å². The van der Waals surface area contributed by atoms with E-state index in [1.807, 2.05) is 0 Å². The normalized spacial score (nSPS) is 24.9. The Labute approximate surface area is 239 Å². The minimum absolute atomic E-state index is 0.0485. The van der Waals surface area contributed by atoms with Gasteiger partial charge in [-0.15, -0.1) is 0 Å². The van der Waals surface area contributed by atoms with E-state index in [1.165, 1.54) is 42.3 Å². The summed E-state index contributed by atoms with van der Waals surface area (Å²) in [6.07, 6.45) is 2.23. The summed E-state index contributed by atoms with van der Waals surface area (Å²) in [7, 11) is 0. The molecule has 3 aliphatic heterocycles. The number of carboxylic acid groups (broad SMARTS) is 1. The van der Waals surface area contributed by atoms with Gasteiger partial charge in [-0.25, -0.2) is 13.6 Å². The largest absolute Gasteiger partial charge is 0.523 e. The predicted molar refractivity (Wildman–Crippen MR) is 150 cm³/mol. The number of ketones is 1. The zero-order chi connectivity index (χ0) is 29.8. The number of nitrogens with zero attached hydrogens (tertiary/aromatic N) is 3. The van der Waals surface area contributed by atoms with E-state index < -0.39 is 40.2 Å². The fourth-order valence-corrected chi connectivity index (χ4v) is 5.98. The van der Waals surface area contributed by atoms with Gasteiger partial charge in [0.25, 0.3) is 0 Å². The molecule has 2 saturated heterocycles. The molecule has 1 aliphatic carbocycles. The van der Waals surface area contributed by atoms with Crippen molar-refractivity contribution in [3.8, 4) is 0 Å². The highest BCUT2D eigenvalue weighted by Crippen LogP contribution is 2.46. The summed E-state index contributed by atoms with van der Waals surface area (Å²) in [6, 6.07) is 6.48. The van der Waals surface area contributed by atoms with E-state index in [0.717, 1.165) is 6.07 Å². The van der Waals surface area contributed by atoms with E-state index in [0.29, 0.717) is 38.0 Å². The van der Waals surface area contributed by atoms with Gasteiger partial charge in [-0.2, -0.15) is 9.28 Å². The van der Waals surface area contributed by atoms with Gasteiger partial charge >= 0.3 is 12.2 Å². The van der Waals surface area contributed by atoms with Crippen molar-refractivity contribution in [3.63, 3.8) is 0 Å². The monoisotopic (exact) mass is 582 g/mol. The van der Waals surface area contributed by atoms with Crippen molar-refractivity contribution >= 4 is 46.6 Å². The first-order valence-corrected chi connectivity index (χ1v) is 13.8. The van der Waals surface area contributed by atoms with Crippen LogP contribution in [0.4, 0.5) is 41.1 Å². The number of hydrogen-bond acceptors (Lipinski definition) is 7. The Kier molecular flexibility index (Phi) is 6.84. The van der Waals surface area contributed by atoms with E-state index in [4.69, 9.17) is 4.74 Å². The number of cyclic esters (lactones) is 1. The maximum atomic E-state index is 15.3. The van der Waals surface area contributed by atoms with E-state index in [-0.39, 0.29) is 53.7 Å². The molecule has 1 saturated carbocycles. The molecule has 3 heterocycles. The van der Waals surface area contributed by atoms with E-state index in [1.54, 1.807) is 11.0 Å². The van der Waals surface area contributed by atoms with Gasteiger partial charge in [-0.3, -0.25) is 14.5 Å². The third kappa shape index (κ3) is 4.83. The van der Waals surface area contributed by atoms with Gasteiger partial charge < -0.3 is 25.4 Å². The highest BCUT2D eigenvalue weighted by molar-refractivity contribution is 6.12. The van der Waals surface area contributed by atoms with E-state index in [2.05, 4.69) is 10.6 Å². The molecule has 13 heteroatoms. The first kappa shape index (κ1) is 27.6. The minimum Gasteiger partial charge on any atom is -0.442 e. The number of carbonyl (C=O) groups is 4. The topological polar surface area (TPSA) is 128 Å². The smallest absolute Gasteiger partial charge is 0.442 e. The van der Waals surface area contributed by atoms with Gasteiger partial charge in [0.1, 0.15) is 30.0 Å². The lowest BCUT2D eigenvalue weighted by atomic mass is 10.0. The van der Waals surface area contributed by atoms with E-state index in [9.17, 15) is 24.3 Å². The number of hydrogen-bond donors (Lipinski definition) is 3. The summed E-state index contributed by atoms with van der Waals surface area (Å²) in [5, 5.41) is 15.9. The summed E-state index contributed by atoms with van der Waals surface area (Å²) in [5.41, 5.74) is 1.03. The van der Waals surface area contributed by atoms with Crippen LogP contribution < -0.4 is 24.9 Å². The second kappa shape index (κ2) is 10.4. The summed E-state index contributed by atoms with van der Waals surface area (Å²) in [5.74, 6) is -1.88. The Morgan fingerprint density at radius 3 is 2.57 bits per heavy atom. The molecular formula is C29H30F2N5O6+. The molecule has 3 N–H and O–H groups in total. The number of allylic oxidation sites excluding steroid dienone is 1. The van der Waals surface area contributed by atoms with Crippen LogP contribution in [-0.4, -0.2) is 73.4 Å². The number of quaternary nitrogens is 1. The number of ether oxygens (including phenoxy) is 1. The third-order valence-corrected chi connectivity index (χ3v) is 8.24. The summed E-state index contributed by atoms with van der Waals surface area (Å²) < 4.78 is 35.2. The molecule has 11 nitrogen and oxygen atoms in total. The Balaban J connectivity index is 1.16. The Morgan fingerprint density at radius 1 is 1.10 bits per heavy atom. The number of rotatable bonds is 7. The van der Waals surface area contributed by atoms with Gasteiger partial charge in [-0.1, -0.05) is 0 Å². The molecular weight excluding hydrogens is 552 g/mol. The fourth-order valence-electron chi connectivity index (χ4n) is 5.98. The molecule has 0 radical (unpaired) electrons. The second-order valence-electron chi connectivity index (χ2n) is 11.1. The summed E-state index contributed by atoms with van der Waals surface area (Å²) in [4.78, 5) is 51.5. The quantitative estimate of drug-likeness (QED) is 0.419. The molecule has 0 spiro atoms. The lowest BCUT2D eigenvalue weighted by molar-refractivity contribution is -0.119. The highest BCUT2D eigenvalue weighted by atomic mass is 19.1. The molecule has 3 amide bonds. The van der Waals surface area contributed by atoms with Crippen LogP contribution in [-0.2, 0) is 9.53 Å². The Bertz CT molecular complexity index is 1530. The number of nitrogens with one attached hydrogen (secondary N) is 2. The number of fused-ring (bicyclic) bond motifs is 1. The lowest BCUT2D eigenvalue weighted by Crippen LogP contribution is -2.52. The molecule has 3 fully saturated rings. The Morgan fingerprint density at radius 2 is 1.88 bits per heavy atom. The lowest BCUT2D eigenvalue weighted by Gasteiger charge is -2.33. The minimum atomic E-state index is -1.12. The van der Waals surface area contributed by atoms with Crippen LogP contribution in [0.1, 0.15) is 36.5 Å². The number of amides is 3. The molecule has 1 unspecified atom stereocenters. The standard InChI is InChI=1S/C29H29F2N5O6/c1-16(37)32-13-20-15-35(28(39)42-20)18-2-5-24(22(30)10-18)33-17-6-8-34(14-17)25-12-26-21(11-23(25)31)27(38)7-9-36(26,29(40)41)19-3-4-19/h2,5,7,9-12,17,19-20,33H,3-4,6,8,13-15H2,1H3,(H-,32,37,40,41)/p+1/t17-,20+,36?/m1/s1. The van der Waals surface area contributed by atoms with Gasteiger partial charge in [0.2, 0.25) is 5.91 Å². The number of anilines is 3. The molecule has 42 heavy (non-hydrogen) atoms. The van der Waals surface area contributed by atoms with Gasteiger partial charge in [0.15, 0.2) is 11.5 Å². The zero-order valence-electron chi connectivity index (χ0n) is 22.8. The van der Waals surface area contributed by atoms with Gasteiger partial charge in [0.05, 0.1) is 35.7 Å². The molecule has 4 aliphatic rings. The SMILES string of the molecule is CC(=O)NC[C@H]1CN(c2ccc(N[C@@H]3CCN(c4cc5c(cc4F)C(=O)C=C[N+]5(C(=O)O)C4CC4)C3)c(F)c2)C(=O)O1. The van der Waals surface area contributed by atoms with Crippen molar-refractivity contribution in [2.45, 2.75) is 44.4 Å². The Hall–Kier alpha value is -4.52. The average molecular weight is 583 g/mol. The maximum Gasteiger partial charge on any atom is 0.523 e. The van der Waals surface area contributed by atoms with Crippen molar-refractivity contribution in [2.24, 2.45) is 0 Å². The van der Waals surface area contributed by atoms with Crippen LogP contribution in [0, 0.1) is 11.6 Å². The third-order valence-electron chi connectivity index (χ3n) is 8.24. The van der Waals surface area contributed by atoms with Crippen LogP contribution in [0.25, 0.3) is 0 Å². The van der Waals surface area contributed by atoms with Crippen molar-refractivity contribution < 1.29 is 37.8 Å². The van der Waals surface area contributed by atoms with Gasteiger partial charge in [0, 0.05) is 51.0 Å². The zero-order valence-corrected chi connectivity index (χ0v) is 22.8. The number of halogens is 2. The highest BCUT2D eigenvalue weighted by Gasteiger charge is 2.55. The van der Waals surface area contributed by atoms with Crippen LogP contribution in [0.15, 0.2) is 42.6 Å². The molecule has 0 aromatic heterocycles. The van der Waals surface area contributed by atoms with Crippen molar-refractivity contribution in [2.75, 3.05) is 41.3 Å².